The molecule has 1 rings (SSSR count). The van der Waals surface area contributed by atoms with E-state index in [9.17, 15) is 10.2 Å². The van der Waals surface area contributed by atoms with Crippen molar-refractivity contribution < 1.29 is 10.2 Å². The Morgan fingerprint density at radius 3 is 2.59 bits per heavy atom. The predicted molar refractivity (Wildman–Crippen MR) is 65.7 cm³/mol. The van der Waals surface area contributed by atoms with Crippen molar-refractivity contribution in [3.8, 4) is 0 Å². The highest BCUT2D eigenvalue weighted by Crippen LogP contribution is 2.27. The standard InChI is InChI=1S/C11H16N4O2/c1-15(2)9-6-4-3-5-8(9)11(17)10(16)7-13-14-12/h3-6,10-11,16-17H,7H2,1-2H3. The second-order valence-electron chi connectivity index (χ2n) is 3.88. The van der Waals surface area contributed by atoms with Gasteiger partial charge in [-0.25, -0.2) is 0 Å². The van der Waals surface area contributed by atoms with Crippen LogP contribution in [0.4, 0.5) is 5.69 Å². The molecule has 2 unspecified atom stereocenters. The molecule has 1 aromatic rings. The van der Waals surface area contributed by atoms with Gasteiger partial charge in [0.1, 0.15) is 6.10 Å². The van der Waals surface area contributed by atoms with E-state index in [1.807, 2.05) is 31.1 Å². The summed E-state index contributed by atoms with van der Waals surface area (Å²) >= 11 is 0. The van der Waals surface area contributed by atoms with Crippen LogP contribution in [0.15, 0.2) is 29.4 Å². The smallest absolute Gasteiger partial charge is 0.107 e. The minimum atomic E-state index is -1.10. The van der Waals surface area contributed by atoms with Gasteiger partial charge >= 0.3 is 0 Å². The Labute approximate surface area is 99.7 Å². The highest BCUT2D eigenvalue weighted by molar-refractivity contribution is 5.53. The Morgan fingerprint density at radius 1 is 1.35 bits per heavy atom. The molecule has 0 radical (unpaired) electrons. The number of nitrogens with zero attached hydrogens (tertiary/aromatic N) is 4. The first kappa shape index (κ1) is 13.3. The van der Waals surface area contributed by atoms with Crippen LogP contribution in [0.25, 0.3) is 10.4 Å². The Kier molecular flexibility index (Phi) is 4.78. The lowest BCUT2D eigenvalue weighted by atomic mass is 10.0. The van der Waals surface area contributed by atoms with E-state index < -0.39 is 12.2 Å². The first-order valence-electron chi connectivity index (χ1n) is 5.21. The quantitative estimate of drug-likeness (QED) is 0.460. The van der Waals surface area contributed by atoms with Crippen molar-refractivity contribution in [1.29, 1.82) is 0 Å². The minimum absolute atomic E-state index is 0.153. The van der Waals surface area contributed by atoms with Crippen molar-refractivity contribution in [2.24, 2.45) is 5.11 Å². The lowest BCUT2D eigenvalue weighted by molar-refractivity contribution is 0.0247. The summed E-state index contributed by atoms with van der Waals surface area (Å²) in [5.41, 5.74) is 9.60. The van der Waals surface area contributed by atoms with Crippen molar-refractivity contribution in [3.05, 3.63) is 40.3 Å². The van der Waals surface area contributed by atoms with Crippen molar-refractivity contribution in [1.82, 2.24) is 0 Å². The minimum Gasteiger partial charge on any atom is -0.390 e. The molecule has 2 atom stereocenters. The van der Waals surface area contributed by atoms with Gasteiger partial charge in [0.05, 0.1) is 12.6 Å². The fourth-order valence-electron chi connectivity index (χ4n) is 1.57. The van der Waals surface area contributed by atoms with Gasteiger partial charge in [0.15, 0.2) is 0 Å². The first-order chi connectivity index (χ1) is 8.07. The van der Waals surface area contributed by atoms with E-state index in [0.717, 1.165) is 5.69 Å². The molecule has 0 aliphatic carbocycles. The maximum absolute atomic E-state index is 9.99. The zero-order valence-corrected chi connectivity index (χ0v) is 9.85. The molecular weight excluding hydrogens is 220 g/mol. The van der Waals surface area contributed by atoms with Crippen molar-refractivity contribution in [2.45, 2.75) is 12.2 Å². The van der Waals surface area contributed by atoms with Gasteiger partial charge in [-0.1, -0.05) is 23.3 Å². The molecule has 6 heteroatoms. The predicted octanol–water partition coefficient (Wildman–Crippen LogP) is 1.46. The van der Waals surface area contributed by atoms with Crippen LogP contribution in [0.2, 0.25) is 0 Å². The number of hydrogen-bond acceptors (Lipinski definition) is 4. The third-order valence-electron chi connectivity index (χ3n) is 2.43. The number of hydrogen-bond donors (Lipinski definition) is 2. The third-order valence-corrected chi connectivity index (χ3v) is 2.43. The van der Waals surface area contributed by atoms with E-state index in [2.05, 4.69) is 10.0 Å². The number of aliphatic hydroxyl groups excluding tert-OH is 2. The number of azide groups is 1. The summed E-state index contributed by atoms with van der Waals surface area (Å²) in [6.45, 7) is -0.153. The molecule has 0 heterocycles. The molecule has 0 fully saturated rings. The van der Waals surface area contributed by atoms with Gasteiger partial charge in [0.2, 0.25) is 0 Å². The molecule has 6 nitrogen and oxygen atoms in total. The molecular formula is C11H16N4O2. The molecule has 1 aromatic carbocycles. The summed E-state index contributed by atoms with van der Waals surface area (Å²) in [7, 11) is 3.71. The van der Waals surface area contributed by atoms with Gasteiger partial charge in [0, 0.05) is 30.3 Å². The summed E-state index contributed by atoms with van der Waals surface area (Å²) < 4.78 is 0. The van der Waals surface area contributed by atoms with Gasteiger partial charge in [-0.15, -0.1) is 0 Å². The average Bonchev–Trinajstić information content (AvgIpc) is 2.34. The first-order valence-corrected chi connectivity index (χ1v) is 5.21. The number of para-hydroxylation sites is 1. The van der Waals surface area contributed by atoms with Crippen LogP contribution in [0.5, 0.6) is 0 Å². The van der Waals surface area contributed by atoms with Crippen LogP contribution in [0.1, 0.15) is 11.7 Å². The fraction of sp³-hybridized carbons (Fsp3) is 0.455. The molecule has 17 heavy (non-hydrogen) atoms. The lowest BCUT2D eigenvalue weighted by Crippen LogP contribution is -2.23. The molecule has 0 bridgehead atoms. The number of benzene rings is 1. The van der Waals surface area contributed by atoms with Crippen molar-refractivity contribution >= 4 is 5.69 Å². The largest absolute Gasteiger partial charge is 0.390 e. The van der Waals surface area contributed by atoms with E-state index in [1.54, 1.807) is 12.1 Å². The highest BCUT2D eigenvalue weighted by Gasteiger charge is 2.20. The highest BCUT2D eigenvalue weighted by atomic mass is 16.3. The van der Waals surface area contributed by atoms with Crippen LogP contribution in [0, 0.1) is 0 Å². The Hall–Kier alpha value is -1.75. The summed E-state index contributed by atoms with van der Waals surface area (Å²) in [5, 5.41) is 22.9. The molecule has 92 valence electrons. The average molecular weight is 236 g/mol. The Balaban J connectivity index is 2.94. The van der Waals surface area contributed by atoms with Gasteiger partial charge < -0.3 is 15.1 Å². The Bertz CT molecular complexity index is 416. The van der Waals surface area contributed by atoms with Crippen LogP contribution >= 0.6 is 0 Å². The molecule has 0 saturated carbocycles. The molecule has 0 aliphatic rings. The van der Waals surface area contributed by atoms with E-state index >= 15 is 0 Å². The van der Waals surface area contributed by atoms with Crippen LogP contribution < -0.4 is 4.90 Å². The molecule has 0 saturated heterocycles. The topological polar surface area (TPSA) is 92.5 Å². The summed E-state index contributed by atoms with van der Waals surface area (Å²) in [5.74, 6) is 0. The van der Waals surface area contributed by atoms with Crippen LogP contribution in [0.3, 0.4) is 0 Å². The fourth-order valence-corrected chi connectivity index (χ4v) is 1.57. The molecule has 0 aliphatic heterocycles. The second-order valence-corrected chi connectivity index (χ2v) is 3.88. The monoisotopic (exact) mass is 236 g/mol. The lowest BCUT2D eigenvalue weighted by Gasteiger charge is -2.23. The summed E-state index contributed by atoms with van der Waals surface area (Å²) in [6, 6.07) is 7.22. The van der Waals surface area contributed by atoms with E-state index in [0.29, 0.717) is 5.56 Å². The molecule has 2 N–H and O–H groups in total. The molecule has 0 spiro atoms. The van der Waals surface area contributed by atoms with Gasteiger partial charge in [0.25, 0.3) is 0 Å². The van der Waals surface area contributed by atoms with E-state index in [-0.39, 0.29) is 6.54 Å². The van der Waals surface area contributed by atoms with Gasteiger partial charge in [-0.05, 0) is 11.6 Å². The van der Waals surface area contributed by atoms with Gasteiger partial charge in [-0.3, -0.25) is 0 Å². The molecule has 0 amide bonds. The SMILES string of the molecule is CN(C)c1ccccc1C(O)C(O)CN=[N+]=[N-]. The summed E-state index contributed by atoms with van der Waals surface area (Å²) in [4.78, 5) is 4.40. The Morgan fingerprint density at radius 2 is 2.00 bits per heavy atom. The maximum Gasteiger partial charge on any atom is 0.107 e. The van der Waals surface area contributed by atoms with E-state index in [1.165, 1.54) is 0 Å². The number of rotatable bonds is 5. The van der Waals surface area contributed by atoms with E-state index in [4.69, 9.17) is 5.53 Å². The normalized spacial score (nSPS) is 13.6. The number of aliphatic hydroxyl groups is 2. The third kappa shape index (κ3) is 3.35. The number of anilines is 1. The zero-order valence-electron chi connectivity index (χ0n) is 9.85. The van der Waals surface area contributed by atoms with Gasteiger partial charge in [-0.2, -0.15) is 0 Å². The zero-order chi connectivity index (χ0) is 12.8. The van der Waals surface area contributed by atoms with Crippen LogP contribution in [-0.4, -0.2) is 37.0 Å². The maximum atomic E-state index is 9.99. The second kappa shape index (κ2) is 6.10. The summed E-state index contributed by atoms with van der Waals surface area (Å²) in [6.07, 6.45) is -2.17. The van der Waals surface area contributed by atoms with Crippen molar-refractivity contribution in [2.75, 3.05) is 25.5 Å². The van der Waals surface area contributed by atoms with Crippen molar-refractivity contribution in [3.63, 3.8) is 0 Å². The molecule has 0 aromatic heterocycles. The van der Waals surface area contributed by atoms with Crippen LogP contribution in [-0.2, 0) is 0 Å².